The molecule has 0 aromatic heterocycles. The van der Waals surface area contributed by atoms with E-state index in [-0.39, 0.29) is 49.2 Å². The van der Waals surface area contributed by atoms with Crippen molar-refractivity contribution in [2.45, 2.75) is 51.8 Å². The summed E-state index contributed by atoms with van der Waals surface area (Å²) in [5, 5.41) is 0. The predicted octanol–water partition coefficient (Wildman–Crippen LogP) is 2.83. The fraction of sp³-hybridized carbons (Fsp3) is 0.864. The third-order valence-electron chi connectivity index (χ3n) is 5.21. The summed E-state index contributed by atoms with van der Waals surface area (Å²) in [6.45, 7) is 6.91. The Labute approximate surface area is 248 Å². The van der Waals surface area contributed by atoms with E-state index in [1.165, 1.54) is 13.8 Å². The second-order valence-corrected chi connectivity index (χ2v) is 16.8. The average Bonchev–Trinajstić information content (AvgIpc) is 2.77. The molecule has 0 aromatic rings. The van der Waals surface area contributed by atoms with Crippen LogP contribution >= 0.6 is 34.5 Å². The highest BCUT2D eigenvalue weighted by Gasteiger charge is 2.49. The Bertz CT molecular complexity index is 1010. The van der Waals surface area contributed by atoms with Gasteiger partial charge in [-0.3, -0.25) is 28.0 Å². The molecule has 0 spiro atoms. The maximum absolute atomic E-state index is 13.3. The number of halogens is 1. The Kier molecular flexibility index (Phi) is 16.4. The van der Waals surface area contributed by atoms with E-state index in [0.29, 0.717) is 6.54 Å². The molecule has 0 bridgehead atoms. The molecule has 3 atom stereocenters. The van der Waals surface area contributed by atoms with Gasteiger partial charge in [0.2, 0.25) is 0 Å². The summed E-state index contributed by atoms with van der Waals surface area (Å²) in [6, 6.07) is 0. The van der Waals surface area contributed by atoms with Gasteiger partial charge >= 0.3 is 34.9 Å². The van der Waals surface area contributed by atoms with Crippen molar-refractivity contribution < 1.29 is 60.1 Å². The molecule has 0 rings (SSSR count). The second-order valence-electron chi connectivity index (χ2n) is 10.2. The van der Waals surface area contributed by atoms with Gasteiger partial charge in [0.25, 0.3) is 0 Å². The highest BCUT2D eigenvalue weighted by Crippen LogP contribution is 2.45. The Balaban J connectivity index is 5.53. The lowest BCUT2D eigenvalue weighted by atomic mass is 9.69. The van der Waals surface area contributed by atoms with Crippen LogP contribution in [-0.4, -0.2) is 104 Å². The van der Waals surface area contributed by atoms with Crippen LogP contribution < -0.4 is 0 Å². The maximum atomic E-state index is 13.3. The molecule has 0 aliphatic rings. The molecular formula is C22H41BrNO13PS2. The van der Waals surface area contributed by atoms with Gasteiger partial charge in [0.05, 0.1) is 30.7 Å². The van der Waals surface area contributed by atoms with Crippen LogP contribution in [0.2, 0.25) is 0 Å². The first-order valence-corrected chi connectivity index (χ1v) is 17.4. The van der Waals surface area contributed by atoms with Crippen molar-refractivity contribution in [1.29, 1.82) is 0 Å². The first kappa shape index (κ1) is 39.2. The number of ether oxygens (including phenoxy) is 3. The number of likely N-dealkylation sites (N-methyl/N-ethyl adjacent to an activating group) is 1. The smallest absolute Gasteiger partial charge is 0.466 e. The number of nitrogens with zero attached hydrogens (tertiary/aromatic N) is 1. The summed E-state index contributed by atoms with van der Waals surface area (Å²) < 4.78 is 66.2. The second kappa shape index (κ2) is 16.8. The van der Waals surface area contributed by atoms with E-state index < -0.39 is 63.2 Å². The lowest BCUT2D eigenvalue weighted by Crippen LogP contribution is -2.45. The fourth-order valence-electron chi connectivity index (χ4n) is 3.65. The highest BCUT2D eigenvalue weighted by molar-refractivity contribution is 9.10. The van der Waals surface area contributed by atoms with E-state index in [9.17, 15) is 32.3 Å². The topological polar surface area (TPSA) is 192 Å². The van der Waals surface area contributed by atoms with Crippen LogP contribution in [0, 0.1) is 10.8 Å². The summed E-state index contributed by atoms with van der Waals surface area (Å²) in [7, 11) is -4.98. The van der Waals surface area contributed by atoms with Crippen molar-refractivity contribution in [3.8, 4) is 0 Å². The molecule has 14 nitrogen and oxygen atoms in total. The molecule has 40 heavy (non-hydrogen) atoms. The highest BCUT2D eigenvalue weighted by atomic mass is 79.9. The monoisotopic (exact) mass is 701 g/mol. The van der Waals surface area contributed by atoms with Crippen molar-refractivity contribution in [2.24, 2.45) is 10.8 Å². The number of hydrogen-bond acceptors (Lipinski definition) is 13. The van der Waals surface area contributed by atoms with E-state index in [2.05, 4.69) is 15.9 Å². The summed E-state index contributed by atoms with van der Waals surface area (Å²) in [5.41, 5.74) is -2.66. The molecule has 18 heteroatoms. The lowest BCUT2D eigenvalue weighted by molar-refractivity contribution is -0.164. The van der Waals surface area contributed by atoms with Gasteiger partial charge in [0.15, 0.2) is 0 Å². The number of esters is 3. The van der Waals surface area contributed by atoms with Crippen molar-refractivity contribution in [1.82, 2.24) is 4.90 Å². The summed E-state index contributed by atoms with van der Waals surface area (Å²) >= 11 is 3.27. The Morgan fingerprint density at radius 3 is 1.98 bits per heavy atom. The molecule has 0 aliphatic heterocycles. The normalized spacial score (nSPS) is 16.9. The van der Waals surface area contributed by atoms with Gasteiger partial charge in [0.1, 0.15) is 17.5 Å². The van der Waals surface area contributed by atoms with Crippen LogP contribution in [0.1, 0.15) is 47.5 Å². The number of rotatable bonds is 20. The van der Waals surface area contributed by atoms with Crippen molar-refractivity contribution in [2.75, 3.05) is 59.4 Å². The number of phosphoric acid groups is 1. The maximum Gasteiger partial charge on any atom is 0.472 e. The number of carbonyl (C=O) groups excluding carboxylic acids is 3. The van der Waals surface area contributed by atoms with Crippen LogP contribution in [0.3, 0.4) is 0 Å². The molecule has 236 valence electrons. The Morgan fingerprint density at radius 2 is 1.45 bits per heavy atom. The predicted molar refractivity (Wildman–Crippen MR) is 151 cm³/mol. The third kappa shape index (κ3) is 16.0. The Morgan fingerprint density at radius 1 is 0.900 bits per heavy atom. The zero-order valence-electron chi connectivity index (χ0n) is 23.8. The quantitative estimate of drug-likeness (QED) is 0.0358. The van der Waals surface area contributed by atoms with Crippen molar-refractivity contribution in [3.63, 3.8) is 0 Å². The minimum atomic E-state index is -4.38. The Hall–Kier alpha value is -0.780. The van der Waals surface area contributed by atoms with Crippen molar-refractivity contribution >= 4 is 61.6 Å². The van der Waals surface area contributed by atoms with Gasteiger partial charge < -0.3 is 24.0 Å². The largest absolute Gasteiger partial charge is 0.472 e. The molecule has 2 N–H and O–H groups in total. The summed E-state index contributed by atoms with van der Waals surface area (Å²) in [5.74, 6) is -2.45. The lowest BCUT2D eigenvalue weighted by Gasteiger charge is -2.37. The SMILES string of the molecule is CCOC(=O)C(C)(C)CC(C)(CC(C)(Br)C(=O)OCCSS(=O)(=O)O)C(=O)OCCOP(=O)(O)OCCN(C)C. The van der Waals surface area contributed by atoms with Crippen LogP contribution in [0.25, 0.3) is 0 Å². The van der Waals surface area contributed by atoms with Gasteiger partial charge in [-0.25, -0.2) is 4.57 Å². The molecule has 0 heterocycles. The van der Waals surface area contributed by atoms with Gasteiger partial charge in [0, 0.05) is 12.3 Å². The first-order chi connectivity index (χ1) is 18.1. The zero-order valence-corrected chi connectivity index (χ0v) is 28.0. The van der Waals surface area contributed by atoms with Crippen LogP contribution in [0.15, 0.2) is 0 Å². The van der Waals surface area contributed by atoms with Crippen molar-refractivity contribution in [3.05, 3.63) is 0 Å². The zero-order chi connectivity index (χ0) is 31.4. The van der Waals surface area contributed by atoms with E-state index >= 15 is 0 Å². The molecule has 0 amide bonds. The van der Waals surface area contributed by atoms with Crippen LogP contribution in [0.5, 0.6) is 0 Å². The van der Waals surface area contributed by atoms with Gasteiger partial charge in [-0.2, -0.15) is 8.42 Å². The number of hydrogen-bond donors (Lipinski definition) is 2. The van der Waals surface area contributed by atoms with E-state index in [1.54, 1.807) is 39.8 Å². The summed E-state index contributed by atoms with van der Waals surface area (Å²) in [4.78, 5) is 50.1. The van der Waals surface area contributed by atoms with Gasteiger partial charge in [-0.15, -0.1) is 0 Å². The van der Waals surface area contributed by atoms with Crippen LogP contribution in [0.4, 0.5) is 0 Å². The molecule has 0 saturated heterocycles. The molecular weight excluding hydrogens is 661 g/mol. The minimum absolute atomic E-state index is 0.0595. The molecule has 0 aliphatic carbocycles. The summed E-state index contributed by atoms with van der Waals surface area (Å²) in [6.07, 6.45) is -0.337. The minimum Gasteiger partial charge on any atom is -0.466 e. The number of alkyl halides is 1. The fourth-order valence-corrected chi connectivity index (χ4v) is 6.27. The van der Waals surface area contributed by atoms with Gasteiger partial charge in [-0.1, -0.05) is 15.9 Å². The standard InChI is InChI=1S/C22H41BrNO13PS2/c1-8-33-17(25)20(2,3)15-21(4,16-22(5,23)19(27)35-13-14-39-40(30,31)32)18(26)34-11-12-37-38(28,29)36-10-9-24(6)7/h8-16H2,1-7H3,(H,28,29)(H,30,31,32). The molecule has 0 fully saturated rings. The number of carbonyl (C=O) groups is 3. The van der Waals surface area contributed by atoms with E-state index in [1.807, 2.05) is 0 Å². The third-order valence-corrected chi connectivity index (χ3v) is 8.86. The molecule has 3 unspecified atom stereocenters. The first-order valence-electron chi connectivity index (χ1n) is 12.2. The average molecular weight is 703 g/mol. The molecule has 0 radical (unpaired) electrons. The number of phosphoric ester groups is 1. The molecule has 0 saturated carbocycles. The van der Waals surface area contributed by atoms with E-state index in [4.69, 9.17) is 27.8 Å². The van der Waals surface area contributed by atoms with Crippen LogP contribution in [-0.2, 0) is 51.4 Å². The van der Waals surface area contributed by atoms with Gasteiger partial charge in [-0.05, 0) is 72.3 Å². The molecule has 0 aromatic carbocycles. The van der Waals surface area contributed by atoms with E-state index in [0.717, 1.165) is 0 Å².